The highest BCUT2D eigenvalue weighted by molar-refractivity contribution is 5.59. The lowest BCUT2D eigenvalue weighted by atomic mass is 10.2. The monoisotopic (exact) mass is 387 g/mol. The highest BCUT2D eigenvalue weighted by Crippen LogP contribution is 2.38. The molecule has 0 spiro atoms. The molecular weight excluding hydrogens is 359 g/mol. The van der Waals surface area contributed by atoms with Crippen LogP contribution in [0, 0.1) is 0 Å². The van der Waals surface area contributed by atoms with Crippen molar-refractivity contribution >= 4 is 11.5 Å². The maximum Gasteiger partial charge on any atom is 0.408 e. The SMILES string of the molecule is C[C@@H]1COCCN1c1cc(OC(C)(C)C)nc(N2CCC[C@H]2C(F)(F)F)c1. The number of rotatable bonds is 3. The zero-order valence-corrected chi connectivity index (χ0v) is 16.3. The molecule has 5 nitrogen and oxygen atoms in total. The highest BCUT2D eigenvalue weighted by atomic mass is 19.4. The normalized spacial score (nSPS) is 24.4. The van der Waals surface area contributed by atoms with Gasteiger partial charge in [-0.15, -0.1) is 0 Å². The van der Waals surface area contributed by atoms with Gasteiger partial charge in [0, 0.05) is 37.0 Å². The number of hydrogen-bond acceptors (Lipinski definition) is 5. The van der Waals surface area contributed by atoms with Crippen molar-refractivity contribution in [3.63, 3.8) is 0 Å². The minimum absolute atomic E-state index is 0.0961. The molecule has 2 saturated heterocycles. The van der Waals surface area contributed by atoms with Crippen molar-refractivity contribution in [3.05, 3.63) is 12.1 Å². The fraction of sp³-hybridized carbons (Fsp3) is 0.737. The number of pyridine rings is 1. The zero-order valence-electron chi connectivity index (χ0n) is 16.3. The molecule has 3 heterocycles. The average molecular weight is 387 g/mol. The first-order valence-electron chi connectivity index (χ1n) is 9.43. The van der Waals surface area contributed by atoms with E-state index in [9.17, 15) is 13.2 Å². The van der Waals surface area contributed by atoms with E-state index >= 15 is 0 Å². The van der Waals surface area contributed by atoms with Crippen LogP contribution in [0.25, 0.3) is 0 Å². The first kappa shape index (κ1) is 20.0. The van der Waals surface area contributed by atoms with E-state index < -0.39 is 17.8 Å². The Kier molecular flexibility index (Phi) is 5.47. The Bertz CT molecular complexity index is 661. The van der Waals surface area contributed by atoms with E-state index in [-0.39, 0.29) is 12.5 Å². The Balaban J connectivity index is 1.99. The second-order valence-corrected chi connectivity index (χ2v) is 8.25. The van der Waals surface area contributed by atoms with Crippen LogP contribution in [0.15, 0.2) is 12.1 Å². The van der Waals surface area contributed by atoms with Crippen LogP contribution in [-0.2, 0) is 4.74 Å². The van der Waals surface area contributed by atoms with Crippen molar-refractivity contribution in [3.8, 4) is 5.88 Å². The summed E-state index contributed by atoms with van der Waals surface area (Å²) in [5, 5.41) is 0. The molecule has 0 N–H and O–H groups in total. The highest BCUT2D eigenvalue weighted by Gasteiger charge is 2.46. The minimum Gasteiger partial charge on any atom is -0.472 e. The smallest absolute Gasteiger partial charge is 0.408 e. The van der Waals surface area contributed by atoms with E-state index in [1.54, 1.807) is 6.07 Å². The second kappa shape index (κ2) is 7.37. The number of morpholine rings is 1. The van der Waals surface area contributed by atoms with Gasteiger partial charge in [-0.1, -0.05) is 0 Å². The predicted octanol–water partition coefficient (Wildman–Crippen LogP) is 4.02. The number of alkyl halides is 3. The topological polar surface area (TPSA) is 37.8 Å². The number of nitrogens with zero attached hydrogens (tertiary/aromatic N) is 3. The van der Waals surface area contributed by atoms with Crippen LogP contribution in [0.4, 0.5) is 24.7 Å². The van der Waals surface area contributed by atoms with Crippen LogP contribution >= 0.6 is 0 Å². The quantitative estimate of drug-likeness (QED) is 0.783. The van der Waals surface area contributed by atoms with Crippen LogP contribution in [0.5, 0.6) is 5.88 Å². The molecule has 152 valence electrons. The van der Waals surface area contributed by atoms with Gasteiger partial charge in [-0.25, -0.2) is 0 Å². The summed E-state index contributed by atoms with van der Waals surface area (Å²) in [6.07, 6.45) is -3.68. The van der Waals surface area contributed by atoms with E-state index in [1.165, 1.54) is 4.90 Å². The molecule has 2 atom stereocenters. The molecule has 2 aliphatic rings. The molecule has 0 radical (unpaired) electrons. The first-order chi connectivity index (χ1) is 12.5. The molecule has 0 aliphatic carbocycles. The third-order valence-electron chi connectivity index (χ3n) is 4.81. The van der Waals surface area contributed by atoms with Crippen LogP contribution in [0.1, 0.15) is 40.5 Å². The van der Waals surface area contributed by atoms with Crippen LogP contribution < -0.4 is 14.5 Å². The van der Waals surface area contributed by atoms with Crippen molar-refractivity contribution in [2.75, 3.05) is 36.1 Å². The lowest BCUT2D eigenvalue weighted by Gasteiger charge is -2.36. The molecule has 3 rings (SSSR count). The molecule has 1 aromatic rings. The van der Waals surface area contributed by atoms with Crippen molar-refractivity contribution in [2.45, 2.75) is 64.4 Å². The number of hydrogen-bond donors (Lipinski definition) is 0. The van der Waals surface area contributed by atoms with E-state index in [1.807, 2.05) is 33.8 Å². The fourth-order valence-corrected chi connectivity index (χ4v) is 3.65. The van der Waals surface area contributed by atoms with Gasteiger partial charge >= 0.3 is 6.18 Å². The summed E-state index contributed by atoms with van der Waals surface area (Å²) in [6.45, 7) is 9.93. The Morgan fingerprint density at radius 3 is 2.52 bits per heavy atom. The third-order valence-corrected chi connectivity index (χ3v) is 4.81. The Hall–Kier alpha value is -1.70. The third kappa shape index (κ3) is 4.78. The number of halogens is 3. The van der Waals surface area contributed by atoms with Crippen molar-refractivity contribution in [1.82, 2.24) is 4.98 Å². The molecule has 0 bridgehead atoms. The van der Waals surface area contributed by atoms with Gasteiger partial charge in [0.05, 0.1) is 13.2 Å². The molecule has 27 heavy (non-hydrogen) atoms. The van der Waals surface area contributed by atoms with E-state index in [2.05, 4.69) is 9.88 Å². The largest absolute Gasteiger partial charge is 0.472 e. The Morgan fingerprint density at radius 2 is 1.89 bits per heavy atom. The lowest BCUT2D eigenvalue weighted by Crippen LogP contribution is -2.44. The fourth-order valence-electron chi connectivity index (χ4n) is 3.65. The molecule has 8 heteroatoms. The molecule has 0 saturated carbocycles. The molecular formula is C19H28F3N3O2. The zero-order chi connectivity index (χ0) is 19.8. The van der Waals surface area contributed by atoms with E-state index in [0.717, 1.165) is 5.69 Å². The summed E-state index contributed by atoms with van der Waals surface area (Å²) in [6, 6.07) is 2.20. The lowest BCUT2D eigenvalue weighted by molar-refractivity contribution is -0.146. The average Bonchev–Trinajstić information content (AvgIpc) is 3.03. The first-order valence-corrected chi connectivity index (χ1v) is 9.43. The van der Waals surface area contributed by atoms with Crippen molar-refractivity contribution in [1.29, 1.82) is 0 Å². The summed E-state index contributed by atoms with van der Waals surface area (Å²) in [5.74, 6) is 0.673. The maximum atomic E-state index is 13.5. The van der Waals surface area contributed by atoms with Gasteiger partial charge in [0.15, 0.2) is 0 Å². The van der Waals surface area contributed by atoms with Crippen molar-refractivity contribution in [2.24, 2.45) is 0 Å². The van der Waals surface area contributed by atoms with Gasteiger partial charge in [0.2, 0.25) is 5.88 Å². The minimum atomic E-state index is -4.27. The van der Waals surface area contributed by atoms with E-state index in [4.69, 9.17) is 9.47 Å². The summed E-state index contributed by atoms with van der Waals surface area (Å²) in [5.41, 5.74) is 0.330. The number of ether oxygens (including phenoxy) is 2. The standard InChI is InChI=1S/C19H28F3N3O2/c1-13-12-26-9-8-24(13)14-10-16(23-17(11-14)27-18(2,3)4)25-7-5-6-15(25)19(20,21)22/h10-11,13,15H,5-9,12H2,1-4H3/t13-,15+/m1/s1. The Morgan fingerprint density at radius 1 is 1.15 bits per heavy atom. The summed E-state index contributed by atoms with van der Waals surface area (Å²) in [4.78, 5) is 7.94. The number of aromatic nitrogens is 1. The predicted molar refractivity (Wildman–Crippen MR) is 98.7 cm³/mol. The van der Waals surface area contributed by atoms with E-state index in [0.29, 0.717) is 44.4 Å². The molecule has 2 fully saturated rings. The van der Waals surface area contributed by atoms with Gasteiger partial charge in [-0.3, -0.25) is 0 Å². The molecule has 0 unspecified atom stereocenters. The molecule has 0 amide bonds. The summed E-state index contributed by atoms with van der Waals surface area (Å²) >= 11 is 0. The molecule has 0 aromatic carbocycles. The van der Waals surface area contributed by atoms with Gasteiger partial charge in [-0.2, -0.15) is 18.2 Å². The molecule has 2 aliphatic heterocycles. The van der Waals surface area contributed by atoms with Crippen LogP contribution in [-0.4, -0.2) is 55.1 Å². The van der Waals surface area contributed by atoms with Gasteiger partial charge in [0.25, 0.3) is 0 Å². The van der Waals surface area contributed by atoms with Crippen LogP contribution in [0.2, 0.25) is 0 Å². The van der Waals surface area contributed by atoms with Crippen molar-refractivity contribution < 1.29 is 22.6 Å². The number of anilines is 2. The second-order valence-electron chi connectivity index (χ2n) is 8.25. The van der Waals surface area contributed by atoms with Gasteiger partial charge < -0.3 is 19.3 Å². The van der Waals surface area contributed by atoms with Gasteiger partial charge in [0.1, 0.15) is 17.5 Å². The molecule has 1 aromatic heterocycles. The van der Waals surface area contributed by atoms with Gasteiger partial charge in [-0.05, 0) is 40.5 Å². The maximum absolute atomic E-state index is 13.5. The summed E-state index contributed by atoms with van der Waals surface area (Å²) in [7, 11) is 0. The summed E-state index contributed by atoms with van der Waals surface area (Å²) < 4.78 is 51.8. The van der Waals surface area contributed by atoms with Crippen LogP contribution in [0.3, 0.4) is 0 Å². The Labute approximate surface area is 158 Å².